The molecule has 0 rings (SSSR count). The van der Waals surface area contributed by atoms with Crippen molar-refractivity contribution < 1.29 is 57.2 Å². The van der Waals surface area contributed by atoms with Gasteiger partial charge >= 0.3 is 0 Å². The molecule has 0 radical (unpaired) electrons. The van der Waals surface area contributed by atoms with Gasteiger partial charge in [-0.3, -0.25) is 28.8 Å². The van der Waals surface area contributed by atoms with E-state index in [9.17, 15) is 28.8 Å². The summed E-state index contributed by atoms with van der Waals surface area (Å²) in [5.74, 6) is -0.444. The molecule has 108 heavy (non-hydrogen) atoms. The molecule has 18 nitrogen and oxygen atoms in total. The highest BCUT2D eigenvalue weighted by Crippen LogP contribution is 2.26. The van der Waals surface area contributed by atoms with Crippen LogP contribution in [0.25, 0.3) is 0 Å². The Labute approximate surface area is 665 Å². The number of carbonyl (C=O) groups excluding carboxylic acids is 6. The molecule has 6 amide bonds. The molecule has 0 atom stereocenters. The van der Waals surface area contributed by atoms with Crippen molar-refractivity contribution in [2.75, 3.05) is 138 Å². The Morgan fingerprint density at radius 3 is 0.593 bits per heavy atom. The molecule has 0 aromatic rings. The molecule has 0 saturated carbocycles. The lowest BCUT2D eigenvalue weighted by molar-refractivity contribution is -0.145. The number of rotatable bonds is 82. The van der Waals surface area contributed by atoms with Gasteiger partial charge in [0.15, 0.2) is 0 Å². The van der Waals surface area contributed by atoms with Gasteiger partial charge in [0.2, 0.25) is 35.4 Å². The predicted molar refractivity (Wildman–Crippen MR) is 450 cm³/mol. The first-order valence-corrected chi connectivity index (χ1v) is 45.8. The van der Waals surface area contributed by atoms with Gasteiger partial charge in [0.25, 0.3) is 0 Å². The van der Waals surface area contributed by atoms with E-state index in [0.717, 1.165) is 155 Å². The lowest BCUT2D eigenvalue weighted by Gasteiger charge is -2.34. The molecule has 0 aromatic carbocycles. The zero-order valence-electron chi connectivity index (χ0n) is 73.2. The first-order valence-electron chi connectivity index (χ1n) is 45.8. The molecule has 638 valence electrons. The molecular weight excluding hydrogens is 1360 g/mol. The van der Waals surface area contributed by atoms with Crippen LogP contribution in [0.1, 0.15) is 385 Å². The van der Waals surface area contributed by atoms with Gasteiger partial charge in [0.05, 0.1) is 19.8 Å². The van der Waals surface area contributed by atoms with Crippen molar-refractivity contribution in [3.05, 3.63) is 0 Å². The summed E-state index contributed by atoms with van der Waals surface area (Å²) in [5, 5.41) is 0. The van der Waals surface area contributed by atoms with Crippen molar-refractivity contribution in [1.82, 2.24) is 29.4 Å². The average molecular weight is 1530 g/mol. The Morgan fingerprint density at radius 1 is 0.222 bits per heavy atom. The number of unbranched alkanes of at least 4 members (excludes halogenated alkanes) is 30. The Kier molecular flexibility index (Phi) is 72.6. The summed E-state index contributed by atoms with van der Waals surface area (Å²) in [6, 6.07) is 0.0724. The van der Waals surface area contributed by atoms with Gasteiger partial charge in [-0.05, 0) is 103 Å². The van der Waals surface area contributed by atoms with Crippen molar-refractivity contribution in [2.24, 2.45) is 5.41 Å². The van der Waals surface area contributed by atoms with Crippen LogP contribution in [0, 0.1) is 5.41 Å². The summed E-state index contributed by atoms with van der Waals surface area (Å²) >= 11 is 0. The standard InChI is InChI=1S/C90H176N6O12/c1-14-27-33-39-45-51-60-91(61-52-46-40-34-28-15-2)84(97)72-106-75-87(100)94(81(20-7)21-8)66-57-69-103-78-90(26-13,79-104-70-58-67-95(82(22-9)23-10)88(101)76-107-73-85(98)92(62-53-47-41-35-29-16-3)63-54-48-42-36-30-17-4)80-105-71-59-68-96(83(24-11)25-12)89(102)77-108-74-86(99)93(64-55-49-43-37-31-18-5)65-56-50-44-38-32-19-6/h81-83H,14-80H2,1-13H3. The fourth-order valence-corrected chi connectivity index (χ4v) is 14.8. The highest BCUT2D eigenvalue weighted by Gasteiger charge is 2.32. The van der Waals surface area contributed by atoms with Gasteiger partial charge in [0, 0.05) is 102 Å². The van der Waals surface area contributed by atoms with E-state index in [2.05, 4.69) is 90.0 Å². The summed E-state index contributed by atoms with van der Waals surface area (Å²) in [4.78, 5) is 95.1. The number of nitrogens with zero attached hydrogens (tertiary/aromatic N) is 6. The molecule has 0 aliphatic heterocycles. The third-order valence-corrected chi connectivity index (χ3v) is 22.2. The maximum atomic E-state index is 14.1. The van der Waals surface area contributed by atoms with Gasteiger partial charge in [-0.15, -0.1) is 0 Å². The van der Waals surface area contributed by atoms with Gasteiger partial charge in [0.1, 0.15) is 39.6 Å². The molecule has 0 fully saturated rings. The SMILES string of the molecule is CCCCCCCCN(CCCCCCCC)C(=O)COCC(=O)N(CCCOCC(CC)(COCCCN(C(=O)COCC(=O)N(CCCCCCCC)CCCCCCCC)C(CC)CC)COCCCN(C(=O)COCC(=O)N(CCCCCCCC)CCCCCCCC)C(CC)CC)C(CC)CC. The van der Waals surface area contributed by atoms with Crippen molar-refractivity contribution in [1.29, 1.82) is 0 Å². The second-order valence-corrected chi connectivity index (χ2v) is 31.5. The molecular formula is C90H176N6O12. The molecule has 0 spiro atoms. The summed E-state index contributed by atoms with van der Waals surface area (Å²) in [6.07, 6.45) is 49.1. The van der Waals surface area contributed by atoms with E-state index < -0.39 is 5.41 Å². The van der Waals surface area contributed by atoms with Crippen LogP contribution in [0.3, 0.4) is 0 Å². The van der Waals surface area contributed by atoms with Crippen LogP contribution in [0.5, 0.6) is 0 Å². The lowest BCUT2D eigenvalue weighted by Crippen LogP contribution is -2.44. The summed E-state index contributed by atoms with van der Waals surface area (Å²) in [7, 11) is 0. The average Bonchev–Trinajstić information content (AvgIpc) is 0.880. The zero-order chi connectivity index (χ0) is 79.8. The quantitative estimate of drug-likeness (QED) is 0.0527. The van der Waals surface area contributed by atoms with E-state index in [4.69, 9.17) is 28.4 Å². The van der Waals surface area contributed by atoms with Gasteiger partial charge < -0.3 is 57.8 Å². The van der Waals surface area contributed by atoms with E-state index in [0.29, 0.717) is 85.0 Å². The highest BCUT2D eigenvalue weighted by atomic mass is 16.5. The summed E-state index contributed by atoms with van der Waals surface area (Å²) in [6.45, 7) is 35.6. The Morgan fingerprint density at radius 2 is 0.407 bits per heavy atom. The first kappa shape index (κ1) is 105. The van der Waals surface area contributed by atoms with Crippen LogP contribution >= 0.6 is 0 Å². The van der Waals surface area contributed by atoms with Gasteiger partial charge in [-0.1, -0.05) is 283 Å². The molecule has 0 aromatic heterocycles. The second kappa shape index (κ2) is 75.0. The minimum absolute atomic E-state index is 0.0241. The van der Waals surface area contributed by atoms with E-state index >= 15 is 0 Å². The highest BCUT2D eigenvalue weighted by molar-refractivity contribution is 5.81. The molecule has 0 N–H and O–H groups in total. The van der Waals surface area contributed by atoms with Crippen molar-refractivity contribution in [3.8, 4) is 0 Å². The van der Waals surface area contributed by atoms with Crippen molar-refractivity contribution in [2.45, 2.75) is 403 Å². The van der Waals surface area contributed by atoms with Crippen molar-refractivity contribution in [3.63, 3.8) is 0 Å². The van der Waals surface area contributed by atoms with Crippen molar-refractivity contribution >= 4 is 35.4 Å². The van der Waals surface area contributed by atoms with E-state index in [-0.39, 0.29) is 93.2 Å². The maximum absolute atomic E-state index is 14.1. The Bertz CT molecular complexity index is 1810. The number of carbonyl (C=O) groups is 6. The Balaban J connectivity index is 6.45. The lowest BCUT2D eigenvalue weighted by atomic mass is 9.88. The minimum atomic E-state index is -0.532. The number of ether oxygens (including phenoxy) is 6. The van der Waals surface area contributed by atoms with Gasteiger partial charge in [-0.25, -0.2) is 0 Å². The fraction of sp³-hybridized carbons (Fsp3) is 0.933. The molecule has 0 saturated heterocycles. The summed E-state index contributed by atoms with van der Waals surface area (Å²) < 4.78 is 37.8. The molecule has 0 aliphatic rings. The van der Waals surface area contributed by atoms with E-state index in [1.54, 1.807) is 0 Å². The number of hydrogen-bond donors (Lipinski definition) is 0. The maximum Gasteiger partial charge on any atom is 0.248 e. The third-order valence-electron chi connectivity index (χ3n) is 22.2. The van der Waals surface area contributed by atoms with Crippen LogP contribution in [-0.4, -0.2) is 221 Å². The van der Waals surface area contributed by atoms with Crippen LogP contribution < -0.4 is 0 Å². The smallest absolute Gasteiger partial charge is 0.248 e. The number of amides is 6. The van der Waals surface area contributed by atoms with Crippen LogP contribution in [0.15, 0.2) is 0 Å². The largest absolute Gasteiger partial charge is 0.381 e. The van der Waals surface area contributed by atoms with Gasteiger partial charge in [-0.2, -0.15) is 0 Å². The molecule has 0 bridgehead atoms. The Hall–Kier alpha value is -3.42. The minimum Gasteiger partial charge on any atom is -0.381 e. The molecule has 0 aliphatic carbocycles. The fourth-order valence-electron chi connectivity index (χ4n) is 14.8. The zero-order valence-corrected chi connectivity index (χ0v) is 73.2. The topological polar surface area (TPSA) is 177 Å². The second-order valence-electron chi connectivity index (χ2n) is 31.5. The summed E-state index contributed by atoms with van der Waals surface area (Å²) in [5.41, 5.74) is -0.532. The first-order chi connectivity index (χ1) is 52.6. The van der Waals surface area contributed by atoms with Crippen LogP contribution in [0.4, 0.5) is 0 Å². The normalized spacial score (nSPS) is 11.8. The molecule has 0 unspecified atom stereocenters. The molecule has 18 heteroatoms. The van der Waals surface area contributed by atoms with E-state index in [1.165, 1.54) is 154 Å². The van der Waals surface area contributed by atoms with Crippen LogP contribution in [-0.2, 0) is 57.2 Å². The molecule has 0 heterocycles. The monoisotopic (exact) mass is 1530 g/mol. The third kappa shape index (κ3) is 53.6. The van der Waals surface area contributed by atoms with E-state index in [1.807, 2.05) is 29.4 Å². The number of hydrogen-bond acceptors (Lipinski definition) is 12. The predicted octanol–water partition coefficient (Wildman–Crippen LogP) is 20.4. The van der Waals surface area contributed by atoms with Crippen LogP contribution in [0.2, 0.25) is 0 Å².